The van der Waals surface area contributed by atoms with Crippen molar-refractivity contribution in [3.05, 3.63) is 59.1 Å². The second kappa shape index (κ2) is 7.09. The molecule has 0 unspecified atom stereocenters. The van der Waals surface area contributed by atoms with Gasteiger partial charge in [0.25, 0.3) is 5.91 Å². The van der Waals surface area contributed by atoms with E-state index in [0.717, 1.165) is 5.56 Å². The van der Waals surface area contributed by atoms with Crippen molar-refractivity contribution in [1.82, 2.24) is 0 Å². The topological polar surface area (TPSA) is 92.3 Å². The Hall–Kier alpha value is -3.33. The van der Waals surface area contributed by atoms with Crippen molar-refractivity contribution in [2.75, 3.05) is 12.4 Å². The van der Waals surface area contributed by atoms with Crippen LogP contribution in [0, 0.1) is 18.3 Å². The Kier molecular flexibility index (Phi) is 4.95. The van der Waals surface area contributed by atoms with E-state index < -0.39 is 11.9 Å². The molecule has 0 fully saturated rings. The van der Waals surface area contributed by atoms with Gasteiger partial charge in [-0.2, -0.15) is 5.26 Å². The number of nitrogens with zero attached hydrogens (tertiary/aromatic N) is 1. The minimum atomic E-state index is -0.632. The predicted octanol–water partition coefficient (Wildman–Crippen LogP) is 2.92. The molecule has 0 saturated carbocycles. The number of carbonyl (C=O) groups excluding carboxylic acids is 2. The second-order valence-electron chi connectivity index (χ2n) is 4.68. The van der Waals surface area contributed by atoms with Crippen molar-refractivity contribution >= 4 is 23.6 Å². The average molecular weight is 310 g/mol. The number of methoxy groups -OCH3 is 1. The Morgan fingerprint density at radius 3 is 2.52 bits per heavy atom. The Labute approximate surface area is 133 Å². The molecule has 2 rings (SSSR count). The average Bonchev–Trinajstić information content (AvgIpc) is 3.02. The van der Waals surface area contributed by atoms with Crippen molar-refractivity contribution < 1.29 is 18.7 Å². The van der Waals surface area contributed by atoms with Crippen molar-refractivity contribution in [1.29, 1.82) is 5.26 Å². The lowest BCUT2D eigenvalue weighted by Gasteiger charge is -2.04. The first kappa shape index (κ1) is 16.0. The van der Waals surface area contributed by atoms with Crippen molar-refractivity contribution in [3.63, 3.8) is 0 Å². The molecule has 0 aliphatic heterocycles. The molecular weight excluding hydrogens is 296 g/mol. The Morgan fingerprint density at radius 1 is 1.22 bits per heavy atom. The zero-order valence-corrected chi connectivity index (χ0v) is 12.6. The van der Waals surface area contributed by atoms with Crippen LogP contribution in [0.2, 0.25) is 0 Å². The van der Waals surface area contributed by atoms with Gasteiger partial charge in [-0.25, -0.2) is 4.79 Å². The van der Waals surface area contributed by atoms with E-state index in [0.29, 0.717) is 5.69 Å². The van der Waals surface area contributed by atoms with Gasteiger partial charge in [0, 0.05) is 11.8 Å². The molecule has 2 aromatic rings. The number of furan rings is 1. The molecule has 6 nitrogen and oxygen atoms in total. The second-order valence-corrected chi connectivity index (χ2v) is 4.68. The number of esters is 1. The Bertz CT molecular complexity index is 795. The fourth-order valence-electron chi connectivity index (χ4n) is 1.77. The molecule has 1 N–H and O–H groups in total. The van der Waals surface area contributed by atoms with E-state index in [4.69, 9.17) is 9.68 Å². The van der Waals surface area contributed by atoms with Crippen LogP contribution >= 0.6 is 0 Å². The fourth-order valence-corrected chi connectivity index (χ4v) is 1.77. The summed E-state index contributed by atoms with van der Waals surface area (Å²) in [5, 5.41) is 11.7. The summed E-state index contributed by atoms with van der Waals surface area (Å²) in [6.07, 6.45) is 1.26. The quantitative estimate of drug-likeness (QED) is 0.532. The Balaban J connectivity index is 2.16. The summed E-state index contributed by atoms with van der Waals surface area (Å²) in [4.78, 5) is 23.4. The fraction of sp³-hybridized carbons (Fsp3) is 0.118. The van der Waals surface area contributed by atoms with Crippen LogP contribution in [0.4, 0.5) is 5.69 Å². The number of hydrogen-bond acceptors (Lipinski definition) is 5. The number of anilines is 1. The molecule has 0 spiro atoms. The number of nitriles is 1. The van der Waals surface area contributed by atoms with E-state index in [-0.39, 0.29) is 17.1 Å². The lowest BCUT2D eigenvalue weighted by Crippen LogP contribution is -2.13. The minimum Gasteiger partial charge on any atom is -0.463 e. The van der Waals surface area contributed by atoms with Crippen LogP contribution in [-0.4, -0.2) is 19.0 Å². The number of benzene rings is 1. The lowest BCUT2D eigenvalue weighted by molar-refractivity contribution is -0.112. The number of amides is 1. The van der Waals surface area contributed by atoms with E-state index in [1.807, 2.05) is 25.1 Å². The van der Waals surface area contributed by atoms with Crippen LogP contribution in [-0.2, 0) is 9.53 Å². The van der Waals surface area contributed by atoms with E-state index in [1.165, 1.54) is 25.3 Å². The number of ether oxygens (including phenoxy) is 1. The maximum atomic E-state index is 12.1. The van der Waals surface area contributed by atoms with Gasteiger partial charge in [-0.15, -0.1) is 0 Å². The highest BCUT2D eigenvalue weighted by molar-refractivity contribution is 6.09. The smallest absolute Gasteiger partial charge is 0.373 e. The molecule has 1 aromatic heterocycles. The van der Waals surface area contributed by atoms with Gasteiger partial charge < -0.3 is 14.5 Å². The summed E-state index contributed by atoms with van der Waals surface area (Å²) in [6, 6.07) is 11.9. The van der Waals surface area contributed by atoms with Crippen LogP contribution in [0.5, 0.6) is 0 Å². The van der Waals surface area contributed by atoms with E-state index in [2.05, 4.69) is 10.1 Å². The highest BCUT2D eigenvalue weighted by Gasteiger charge is 2.13. The molecule has 1 amide bonds. The van der Waals surface area contributed by atoms with Crippen molar-refractivity contribution in [2.45, 2.75) is 6.92 Å². The number of carbonyl (C=O) groups is 2. The molecule has 116 valence electrons. The van der Waals surface area contributed by atoms with Gasteiger partial charge in [-0.3, -0.25) is 4.79 Å². The van der Waals surface area contributed by atoms with Crippen LogP contribution in [0.3, 0.4) is 0 Å². The third-order valence-electron chi connectivity index (χ3n) is 2.97. The molecule has 1 heterocycles. The van der Waals surface area contributed by atoms with Crippen molar-refractivity contribution in [3.8, 4) is 6.07 Å². The van der Waals surface area contributed by atoms with Crippen LogP contribution in [0.15, 0.2) is 46.4 Å². The summed E-state index contributed by atoms with van der Waals surface area (Å²) < 4.78 is 9.72. The number of hydrogen-bond donors (Lipinski definition) is 1. The molecule has 0 aliphatic rings. The molecule has 0 radical (unpaired) electrons. The molecule has 0 saturated heterocycles. The SMILES string of the molecule is COC(=O)c1ccc(C=C(C#N)C(=O)Nc2ccc(C)cc2)o1. The summed E-state index contributed by atoms with van der Waals surface area (Å²) in [6.45, 7) is 1.93. The molecule has 0 aliphatic carbocycles. The first-order valence-corrected chi connectivity index (χ1v) is 6.71. The lowest BCUT2D eigenvalue weighted by atomic mass is 10.2. The largest absolute Gasteiger partial charge is 0.463 e. The normalized spacial score (nSPS) is 10.7. The number of rotatable bonds is 4. The first-order valence-electron chi connectivity index (χ1n) is 6.71. The maximum absolute atomic E-state index is 12.1. The van der Waals surface area contributed by atoms with E-state index in [1.54, 1.807) is 12.1 Å². The molecular formula is C17H14N2O4. The molecule has 0 bridgehead atoms. The van der Waals surface area contributed by atoms with Gasteiger partial charge in [0.2, 0.25) is 5.76 Å². The molecule has 6 heteroatoms. The van der Waals surface area contributed by atoms with Crippen molar-refractivity contribution in [2.24, 2.45) is 0 Å². The van der Waals surface area contributed by atoms with Gasteiger partial charge in [0.1, 0.15) is 17.4 Å². The molecule has 23 heavy (non-hydrogen) atoms. The zero-order valence-electron chi connectivity index (χ0n) is 12.6. The third-order valence-corrected chi connectivity index (χ3v) is 2.97. The number of aryl methyl sites for hydroxylation is 1. The highest BCUT2D eigenvalue weighted by atomic mass is 16.5. The maximum Gasteiger partial charge on any atom is 0.373 e. The zero-order chi connectivity index (χ0) is 16.8. The summed E-state index contributed by atoms with van der Waals surface area (Å²) >= 11 is 0. The van der Waals surface area contributed by atoms with Gasteiger partial charge in [0.15, 0.2) is 0 Å². The minimum absolute atomic E-state index is 0.00465. The third kappa shape index (κ3) is 4.08. The molecule has 0 atom stereocenters. The first-order chi connectivity index (χ1) is 11.0. The van der Waals surface area contributed by atoms with Crippen LogP contribution < -0.4 is 5.32 Å². The van der Waals surface area contributed by atoms with E-state index >= 15 is 0 Å². The van der Waals surface area contributed by atoms with Crippen LogP contribution in [0.25, 0.3) is 6.08 Å². The predicted molar refractivity (Wildman–Crippen MR) is 83.4 cm³/mol. The summed E-state index contributed by atoms with van der Waals surface area (Å²) in [5.74, 6) is -0.990. The van der Waals surface area contributed by atoms with Gasteiger partial charge in [-0.1, -0.05) is 17.7 Å². The summed E-state index contributed by atoms with van der Waals surface area (Å²) in [5.41, 5.74) is 1.50. The Morgan fingerprint density at radius 2 is 1.91 bits per heavy atom. The standard InChI is InChI=1S/C17H14N2O4/c1-11-3-5-13(6-4-11)19-16(20)12(10-18)9-14-7-8-15(23-14)17(21)22-2/h3-9H,1-2H3,(H,19,20). The van der Waals surface area contributed by atoms with Gasteiger partial charge in [0.05, 0.1) is 7.11 Å². The highest BCUT2D eigenvalue weighted by Crippen LogP contribution is 2.15. The summed E-state index contributed by atoms with van der Waals surface area (Å²) in [7, 11) is 1.23. The van der Waals surface area contributed by atoms with Crippen LogP contribution in [0.1, 0.15) is 21.9 Å². The van der Waals surface area contributed by atoms with E-state index in [9.17, 15) is 9.59 Å². The van der Waals surface area contributed by atoms with Gasteiger partial charge in [-0.05, 0) is 31.2 Å². The van der Waals surface area contributed by atoms with Gasteiger partial charge >= 0.3 is 5.97 Å². The molecule has 1 aromatic carbocycles. The number of nitrogens with one attached hydrogen (secondary N) is 1. The monoisotopic (exact) mass is 310 g/mol.